The molecule has 0 radical (unpaired) electrons. The van der Waals surface area contributed by atoms with Crippen molar-refractivity contribution in [1.82, 2.24) is 15.8 Å². The smallest absolute Gasteiger partial charge is 0.269 e. The molecule has 5 nitrogen and oxygen atoms in total. The van der Waals surface area contributed by atoms with Gasteiger partial charge in [-0.1, -0.05) is 46.3 Å². The highest BCUT2D eigenvalue weighted by molar-refractivity contribution is 9.10. The van der Waals surface area contributed by atoms with E-state index in [1.165, 1.54) is 5.56 Å². The van der Waals surface area contributed by atoms with Crippen LogP contribution in [0.2, 0.25) is 0 Å². The zero-order valence-electron chi connectivity index (χ0n) is 15.2. The number of hydrogen-bond acceptors (Lipinski definition) is 3. The zero-order valence-corrected chi connectivity index (χ0v) is 16.7. The van der Waals surface area contributed by atoms with Gasteiger partial charge in [-0.3, -0.25) is 25.3 Å². The lowest BCUT2D eigenvalue weighted by molar-refractivity contribution is -0.123. The quantitative estimate of drug-likeness (QED) is 0.717. The van der Waals surface area contributed by atoms with Gasteiger partial charge in [0.25, 0.3) is 11.8 Å². The third-order valence-corrected chi connectivity index (χ3v) is 5.39. The van der Waals surface area contributed by atoms with E-state index in [1.54, 1.807) is 24.3 Å². The second kappa shape index (κ2) is 9.67. The summed E-state index contributed by atoms with van der Waals surface area (Å²) < 4.78 is 0.902. The van der Waals surface area contributed by atoms with Crippen molar-refractivity contribution < 1.29 is 9.59 Å². The predicted octanol–water partition coefficient (Wildman–Crippen LogP) is 3.16. The van der Waals surface area contributed by atoms with E-state index in [0.29, 0.717) is 18.0 Å². The molecule has 0 aromatic heterocycles. The largest absolute Gasteiger partial charge is 0.294 e. The third kappa shape index (κ3) is 6.19. The molecule has 1 heterocycles. The summed E-state index contributed by atoms with van der Waals surface area (Å²) in [6.45, 7) is 2.12. The summed E-state index contributed by atoms with van der Waals surface area (Å²) in [7, 11) is 0. The number of likely N-dealkylation sites (tertiary alicyclic amines) is 1. The second-order valence-electron chi connectivity index (χ2n) is 6.92. The fourth-order valence-corrected chi connectivity index (χ4v) is 3.60. The van der Waals surface area contributed by atoms with Gasteiger partial charge in [-0.25, -0.2) is 0 Å². The molecule has 142 valence electrons. The molecular weight excluding hydrogens is 406 g/mol. The molecule has 2 aromatic carbocycles. The van der Waals surface area contributed by atoms with Gasteiger partial charge in [0, 0.05) is 10.0 Å². The van der Waals surface area contributed by atoms with E-state index in [9.17, 15) is 9.59 Å². The van der Waals surface area contributed by atoms with E-state index < -0.39 is 0 Å². The van der Waals surface area contributed by atoms with Gasteiger partial charge in [-0.05, 0) is 68.1 Å². The second-order valence-corrected chi connectivity index (χ2v) is 7.83. The van der Waals surface area contributed by atoms with E-state index in [4.69, 9.17) is 0 Å². The zero-order chi connectivity index (χ0) is 19.1. The Morgan fingerprint density at radius 3 is 2.30 bits per heavy atom. The maximum atomic E-state index is 12.1. The van der Waals surface area contributed by atoms with Gasteiger partial charge in [0.15, 0.2) is 0 Å². The summed E-state index contributed by atoms with van der Waals surface area (Å²) in [6, 6.07) is 17.5. The van der Waals surface area contributed by atoms with Crippen molar-refractivity contribution in [1.29, 1.82) is 0 Å². The molecule has 1 saturated heterocycles. The van der Waals surface area contributed by atoms with Crippen molar-refractivity contribution in [2.24, 2.45) is 5.92 Å². The molecule has 0 unspecified atom stereocenters. The molecule has 0 bridgehead atoms. The number of amides is 2. The highest BCUT2D eigenvalue weighted by atomic mass is 79.9. The Labute approximate surface area is 168 Å². The average Bonchev–Trinajstić information content (AvgIpc) is 2.69. The highest BCUT2D eigenvalue weighted by Gasteiger charge is 2.21. The summed E-state index contributed by atoms with van der Waals surface area (Å²) in [6.07, 6.45) is 3.28. The van der Waals surface area contributed by atoms with Gasteiger partial charge < -0.3 is 0 Å². The first-order valence-electron chi connectivity index (χ1n) is 9.21. The molecule has 6 heteroatoms. The predicted molar refractivity (Wildman–Crippen MR) is 109 cm³/mol. The van der Waals surface area contributed by atoms with Crippen LogP contribution in [-0.2, 0) is 11.2 Å². The molecule has 1 fully saturated rings. The van der Waals surface area contributed by atoms with Gasteiger partial charge in [-0.2, -0.15) is 0 Å². The number of nitrogens with zero attached hydrogens (tertiary/aromatic N) is 1. The molecule has 2 N–H and O–H groups in total. The molecule has 0 spiro atoms. The Hall–Kier alpha value is -2.18. The van der Waals surface area contributed by atoms with Crippen molar-refractivity contribution in [2.75, 3.05) is 19.6 Å². The van der Waals surface area contributed by atoms with Crippen LogP contribution in [0.4, 0.5) is 0 Å². The Balaban J connectivity index is 1.36. The topological polar surface area (TPSA) is 61.4 Å². The van der Waals surface area contributed by atoms with Crippen LogP contribution < -0.4 is 10.9 Å². The van der Waals surface area contributed by atoms with Crippen molar-refractivity contribution in [3.8, 4) is 0 Å². The van der Waals surface area contributed by atoms with Gasteiger partial charge in [0.05, 0.1) is 6.54 Å². The number of piperidine rings is 1. The minimum Gasteiger partial charge on any atom is -0.294 e. The van der Waals surface area contributed by atoms with Gasteiger partial charge in [-0.15, -0.1) is 0 Å². The number of nitrogens with one attached hydrogen (secondary N) is 2. The number of rotatable bonds is 5. The van der Waals surface area contributed by atoms with Gasteiger partial charge in [0.2, 0.25) is 0 Å². The third-order valence-electron chi connectivity index (χ3n) is 4.86. The molecule has 1 aliphatic rings. The Morgan fingerprint density at radius 2 is 1.63 bits per heavy atom. The van der Waals surface area contributed by atoms with E-state index in [0.717, 1.165) is 36.8 Å². The van der Waals surface area contributed by atoms with Crippen LogP contribution >= 0.6 is 15.9 Å². The van der Waals surface area contributed by atoms with E-state index in [1.807, 2.05) is 6.07 Å². The molecular formula is C21H24BrN3O2. The lowest BCUT2D eigenvalue weighted by Crippen LogP contribution is -2.48. The maximum Gasteiger partial charge on any atom is 0.269 e. The minimum atomic E-state index is -0.322. The first kappa shape index (κ1) is 19.6. The SMILES string of the molecule is O=C(CN1CCC(Cc2ccccc2)CC1)NNC(=O)c1ccc(Br)cc1. The summed E-state index contributed by atoms with van der Waals surface area (Å²) in [5.41, 5.74) is 6.85. The van der Waals surface area contributed by atoms with Crippen molar-refractivity contribution in [3.63, 3.8) is 0 Å². The monoisotopic (exact) mass is 429 g/mol. The average molecular weight is 430 g/mol. The molecule has 0 atom stereocenters. The molecule has 0 saturated carbocycles. The molecule has 2 amide bonds. The minimum absolute atomic E-state index is 0.193. The van der Waals surface area contributed by atoms with Crippen molar-refractivity contribution >= 4 is 27.7 Å². The van der Waals surface area contributed by atoms with Crippen molar-refractivity contribution in [3.05, 3.63) is 70.2 Å². The van der Waals surface area contributed by atoms with E-state index in [2.05, 4.69) is 55.9 Å². The summed E-state index contributed by atoms with van der Waals surface area (Å²) in [5.74, 6) is 0.156. The molecule has 0 aliphatic carbocycles. The van der Waals surface area contributed by atoms with Crippen LogP contribution in [-0.4, -0.2) is 36.3 Å². The highest BCUT2D eigenvalue weighted by Crippen LogP contribution is 2.21. The summed E-state index contributed by atoms with van der Waals surface area (Å²) in [5, 5.41) is 0. The van der Waals surface area contributed by atoms with Crippen molar-refractivity contribution in [2.45, 2.75) is 19.3 Å². The maximum absolute atomic E-state index is 12.1. The molecule has 2 aromatic rings. The Morgan fingerprint density at radius 1 is 0.963 bits per heavy atom. The van der Waals surface area contributed by atoms with Crippen LogP contribution in [0.15, 0.2) is 59.1 Å². The van der Waals surface area contributed by atoms with Gasteiger partial charge >= 0.3 is 0 Å². The summed E-state index contributed by atoms with van der Waals surface area (Å²) >= 11 is 3.33. The number of halogens is 1. The Bertz CT molecular complexity index is 757. The number of carbonyl (C=O) groups excluding carboxylic acids is 2. The number of carbonyl (C=O) groups is 2. The summed E-state index contributed by atoms with van der Waals surface area (Å²) in [4.78, 5) is 26.3. The van der Waals surface area contributed by atoms with E-state index in [-0.39, 0.29) is 11.8 Å². The number of benzene rings is 2. The molecule has 3 rings (SSSR count). The Kier molecular flexibility index (Phi) is 7.01. The number of hydrogen-bond donors (Lipinski definition) is 2. The molecule has 27 heavy (non-hydrogen) atoms. The van der Waals surface area contributed by atoms with Crippen LogP contribution in [0, 0.1) is 5.92 Å². The first-order chi connectivity index (χ1) is 13.1. The lowest BCUT2D eigenvalue weighted by Gasteiger charge is -2.31. The standard InChI is InChI=1S/C21H24BrN3O2/c22-19-8-6-18(7-9-19)21(27)24-23-20(26)15-25-12-10-17(11-13-25)14-16-4-2-1-3-5-16/h1-9,17H,10-15H2,(H,23,26)(H,24,27). The molecule has 1 aliphatic heterocycles. The number of hydrazine groups is 1. The van der Waals surface area contributed by atoms with Crippen LogP contribution in [0.25, 0.3) is 0 Å². The normalized spacial score (nSPS) is 15.3. The fraction of sp³-hybridized carbons (Fsp3) is 0.333. The van der Waals surface area contributed by atoms with Crippen LogP contribution in [0.3, 0.4) is 0 Å². The first-order valence-corrected chi connectivity index (χ1v) is 10.0. The fourth-order valence-electron chi connectivity index (χ4n) is 3.34. The van der Waals surface area contributed by atoms with Gasteiger partial charge in [0.1, 0.15) is 0 Å². The van der Waals surface area contributed by atoms with E-state index >= 15 is 0 Å². The van der Waals surface area contributed by atoms with Crippen LogP contribution in [0.1, 0.15) is 28.8 Å². The lowest BCUT2D eigenvalue weighted by atomic mass is 9.90. The van der Waals surface area contributed by atoms with Crippen LogP contribution in [0.5, 0.6) is 0 Å².